The largest absolute Gasteiger partial charge is 0.446 e. The van der Waals surface area contributed by atoms with Crippen molar-refractivity contribution in [1.82, 2.24) is 14.7 Å². The summed E-state index contributed by atoms with van der Waals surface area (Å²) in [4.78, 5) is 13.6. The van der Waals surface area contributed by atoms with E-state index in [1.807, 2.05) is 19.3 Å². The first-order valence-corrected chi connectivity index (χ1v) is 6.67. The number of nitrogens with zero attached hydrogens (tertiary/aromatic N) is 3. The van der Waals surface area contributed by atoms with Gasteiger partial charge in [0.15, 0.2) is 0 Å². The molecule has 1 aromatic rings. The lowest BCUT2D eigenvalue weighted by molar-refractivity contribution is 0.0415. The molecule has 18 heavy (non-hydrogen) atoms. The van der Waals surface area contributed by atoms with E-state index in [0.717, 1.165) is 31.6 Å². The van der Waals surface area contributed by atoms with Gasteiger partial charge in [0.2, 0.25) is 0 Å². The Hall–Kier alpha value is -1.52. The number of carbonyl (C=O) groups is 1. The summed E-state index contributed by atoms with van der Waals surface area (Å²) in [5.74, 6) is 0.377. The maximum atomic E-state index is 11.8. The highest BCUT2D eigenvalue weighted by Gasteiger charge is 2.35. The predicted octanol–water partition coefficient (Wildman–Crippen LogP) is 1.90. The lowest BCUT2D eigenvalue weighted by Crippen LogP contribution is -2.49. The smallest absolute Gasteiger partial charge is 0.410 e. The Morgan fingerprint density at radius 2 is 2.11 bits per heavy atom. The molecule has 98 valence electrons. The number of carbonyl (C=O) groups excluding carboxylic acids is 1. The molecular weight excluding hydrogens is 230 g/mol. The Balaban J connectivity index is 1.48. The Kier molecular flexibility index (Phi) is 2.97. The molecule has 0 aromatic carbocycles. The number of ether oxygens (including phenoxy) is 1. The summed E-state index contributed by atoms with van der Waals surface area (Å²) >= 11 is 0. The molecule has 2 heterocycles. The molecule has 1 saturated carbocycles. The average Bonchev–Trinajstić information content (AvgIpc) is 2.88. The van der Waals surface area contributed by atoms with Gasteiger partial charge in [-0.1, -0.05) is 0 Å². The van der Waals surface area contributed by atoms with Crippen molar-refractivity contribution >= 4 is 6.09 Å². The van der Waals surface area contributed by atoms with Gasteiger partial charge in [0.05, 0.1) is 5.69 Å². The van der Waals surface area contributed by atoms with Crippen LogP contribution in [-0.4, -0.2) is 40.0 Å². The van der Waals surface area contributed by atoms with E-state index in [4.69, 9.17) is 4.74 Å². The van der Waals surface area contributed by atoms with E-state index in [9.17, 15) is 4.79 Å². The van der Waals surface area contributed by atoms with E-state index in [1.165, 1.54) is 12.8 Å². The van der Waals surface area contributed by atoms with Gasteiger partial charge in [-0.25, -0.2) is 4.79 Å². The Labute approximate surface area is 107 Å². The molecule has 0 radical (unpaired) electrons. The summed E-state index contributed by atoms with van der Waals surface area (Å²) in [6.45, 7) is 1.48. The summed E-state index contributed by atoms with van der Waals surface area (Å²) < 4.78 is 7.27. The first-order valence-electron chi connectivity index (χ1n) is 6.67. The van der Waals surface area contributed by atoms with Crippen molar-refractivity contribution in [1.29, 1.82) is 0 Å². The number of aromatic nitrogens is 2. The van der Waals surface area contributed by atoms with Crippen LogP contribution in [0, 0.1) is 0 Å². The number of likely N-dealkylation sites (tertiary alicyclic amines) is 1. The van der Waals surface area contributed by atoms with E-state index in [2.05, 4.69) is 5.10 Å². The maximum Gasteiger partial charge on any atom is 0.410 e. The number of amides is 1. The molecule has 0 bridgehead atoms. The van der Waals surface area contributed by atoms with Gasteiger partial charge in [-0.15, -0.1) is 0 Å². The van der Waals surface area contributed by atoms with Crippen molar-refractivity contribution < 1.29 is 9.53 Å². The molecule has 3 rings (SSSR count). The summed E-state index contributed by atoms with van der Waals surface area (Å²) in [6.07, 6.45) is 6.39. The molecule has 2 aliphatic rings. The fraction of sp³-hybridized carbons (Fsp3) is 0.692. The van der Waals surface area contributed by atoms with Gasteiger partial charge in [0.1, 0.15) is 6.10 Å². The number of hydrogen-bond acceptors (Lipinski definition) is 3. The quantitative estimate of drug-likeness (QED) is 0.804. The number of hydrogen-bond donors (Lipinski definition) is 0. The molecule has 5 nitrogen and oxygen atoms in total. The normalized spacial score (nSPS) is 21.1. The molecule has 2 fully saturated rings. The molecule has 0 N–H and O–H groups in total. The second-order valence-corrected chi connectivity index (χ2v) is 5.31. The van der Waals surface area contributed by atoms with Crippen LogP contribution in [0.3, 0.4) is 0 Å². The van der Waals surface area contributed by atoms with Gasteiger partial charge in [-0.05, 0) is 31.7 Å². The van der Waals surface area contributed by atoms with Crippen LogP contribution in [0.15, 0.2) is 12.3 Å². The van der Waals surface area contributed by atoms with Crippen molar-refractivity contribution in [3.05, 3.63) is 18.0 Å². The van der Waals surface area contributed by atoms with Crippen LogP contribution in [0.25, 0.3) is 0 Å². The van der Waals surface area contributed by atoms with Crippen molar-refractivity contribution in [2.45, 2.75) is 37.7 Å². The average molecular weight is 249 g/mol. The fourth-order valence-corrected chi connectivity index (χ4v) is 2.69. The van der Waals surface area contributed by atoms with Gasteiger partial charge >= 0.3 is 6.09 Å². The fourth-order valence-electron chi connectivity index (χ4n) is 2.69. The zero-order chi connectivity index (χ0) is 12.5. The van der Waals surface area contributed by atoms with Crippen LogP contribution < -0.4 is 0 Å². The van der Waals surface area contributed by atoms with Crippen LogP contribution >= 0.6 is 0 Å². The minimum atomic E-state index is -0.144. The first-order chi connectivity index (χ1) is 8.72. The molecule has 0 spiro atoms. The second kappa shape index (κ2) is 4.63. The Morgan fingerprint density at radius 1 is 1.39 bits per heavy atom. The van der Waals surface area contributed by atoms with Crippen molar-refractivity contribution in [3.8, 4) is 0 Å². The minimum absolute atomic E-state index is 0.144. The van der Waals surface area contributed by atoms with Gasteiger partial charge < -0.3 is 9.64 Å². The molecule has 1 aliphatic carbocycles. The highest BCUT2D eigenvalue weighted by atomic mass is 16.6. The van der Waals surface area contributed by atoms with Gasteiger partial charge in [0, 0.05) is 32.3 Å². The molecule has 0 unspecified atom stereocenters. The summed E-state index contributed by atoms with van der Waals surface area (Å²) in [5, 5.41) is 4.37. The third-order valence-electron chi connectivity index (χ3n) is 3.86. The van der Waals surface area contributed by atoms with Crippen LogP contribution in [0.1, 0.15) is 37.3 Å². The topological polar surface area (TPSA) is 47.4 Å². The summed E-state index contributed by atoms with van der Waals surface area (Å²) in [7, 11) is 1.91. The molecular formula is C13H19N3O2. The Morgan fingerprint density at radius 3 is 2.72 bits per heavy atom. The standard InChI is InChI=1S/C13H19N3O2/c1-15-7-6-12(14-15)10-8-16(9-10)13(17)18-11-4-2-3-5-11/h6-7,10-11H,2-5,8-9H2,1H3. The number of aryl methyl sites for hydroxylation is 1. The third kappa shape index (κ3) is 2.21. The first kappa shape index (κ1) is 11.6. The van der Waals surface area contributed by atoms with E-state index in [0.29, 0.717) is 5.92 Å². The predicted molar refractivity (Wildman–Crippen MR) is 66.3 cm³/mol. The number of rotatable bonds is 2. The maximum absolute atomic E-state index is 11.8. The van der Waals surface area contributed by atoms with Crippen molar-refractivity contribution in [2.24, 2.45) is 7.05 Å². The highest BCUT2D eigenvalue weighted by molar-refractivity contribution is 5.69. The third-order valence-corrected chi connectivity index (χ3v) is 3.86. The molecule has 1 aliphatic heterocycles. The van der Waals surface area contributed by atoms with E-state index in [-0.39, 0.29) is 12.2 Å². The van der Waals surface area contributed by atoms with E-state index >= 15 is 0 Å². The molecule has 1 saturated heterocycles. The van der Waals surface area contributed by atoms with E-state index in [1.54, 1.807) is 9.58 Å². The van der Waals surface area contributed by atoms with Crippen molar-refractivity contribution in [3.63, 3.8) is 0 Å². The molecule has 5 heteroatoms. The molecule has 1 aromatic heterocycles. The zero-order valence-electron chi connectivity index (χ0n) is 10.7. The van der Waals surface area contributed by atoms with Crippen LogP contribution in [-0.2, 0) is 11.8 Å². The van der Waals surface area contributed by atoms with Crippen molar-refractivity contribution in [2.75, 3.05) is 13.1 Å². The monoisotopic (exact) mass is 249 g/mol. The summed E-state index contributed by atoms with van der Waals surface area (Å²) in [5.41, 5.74) is 1.07. The highest BCUT2D eigenvalue weighted by Crippen LogP contribution is 2.28. The lowest BCUT2D eigenvalue weighted by Gasteiger charge is -2.37. The van der Waals surface area contributed by atoms with Crippen LogP contribution in [0.2, 0.25) is 0 Å². The SMILES string of the molecule is Cn1ccc(C2CN(C(=O)OC3CCCC3)C2)n1. The Bertz CT molecular complexity index is 431. The molecule has 1 amide bonds. The minimum Gasteiger partial charge on any atom is -0.446 e. The van der Waals surface area contributed by atoms with Gasteiger partial charge in [0.25, 0.3) is 0 Å². The van der Waals surface area contributed by atoms with Gasteiger partial charge in [-0.2, -0.15) is 5.10 Å². The van der Waals surface area contributed by atoms with Crippen LogP contribution in [0.5, 0.6) is 0 Å². The summed E-state index contributed by atoms with van der Waals surface area (Å²) in [6, 6.07) is 2.02. The molecule has 0 atom stereocenters. The van der Waals surface area contributed by atoms with Crippen LogP contribution in [0.4, 0.5) is 4.79 Å². The second-order valence-electron chi connectivity index (χ2n) is 5.31. The zero-order valence-corrected chi connectivity index (χ0v) is 10.7. The van der Waals surface area contributed by atoms with E-state index < -0.39 is 0 Å². The lowest BCUT2D eigenvalue weighted by atomic mass is 9.97. The van der Waals surface area contributed by atoms with Gasteiger partial charge in [-0.3, -0.25) is 4.68 Å².